The van der Waals surface area contributed by atoms with Gasteiger partial charge in [0.15, 0.2) is 0 Å². The Kier molecular flexibility index (Phi) is 5.93. The van der Waals surface area contributed by atoms with Crippen molar-refractivity contribution in [1.29, 1.82) is 0 Å². The number of benzene rings is 1. The zero-order valence-electron chi connectivity index (χ0n) is 10.3. The predicted octanol–water partition coefficient (Wildman–Crippen LogP) is 3.85. The Balaban J connectivity index is 2.76. The fourth-order valence-corrected chi connectivity index (χ4v) is 1.94. The molecule has 1 atom stereocenters. The fourth-order valence-electron chi connectivity index (χ4n) is 1.50. The van der Waals surface area contributed by atoms with Crippen LogP contribution in [0.5, 0.6) is 11.5 Å². The summed E-state index contributed by atoms with van der Waals surface area (Å²) in [6.45, 7) is 2.36. The van der Waals surface area contributed by atoms with Crippen LogP contribution in [0.2, 0.25) is 0 Å². The number of rotatable bonds is 6. The minimum atomic E-state index is -4.72. The lowest BCUT2D eigenvalue weighted by atomic mass is 10.2. The largest absolute Gasteiger partial charge is 0.573 e. The Hall–Kier alpha value is -0.950. The third-order valence-corrected chi connectivity index (χ3v) is 2.93. The third kappa shape index (κ3) is 5.69. The molecule has 0 aliphatic carbocycles. The lowest BCUT2D eigenvalue weighted by Gasteiger charge is -2.17. The van der Waals surface area contributed by atoms with E-state index in [4.69, 9.17) is 10.5 Å². The van der Waals surface area contributed by atoms with Gasteiger partial charge in [-0.3, -0.25) is 0 Å². The van der Waals surface area contributed by atoms with Crippen LogP contribution < -0.4 is 15.2 Å². The van der Waals surface area contributed by atoms with Gasteiger partial charge in [-0.25, -0.2) is 0 Å². The van der Waals surface area contributed by atoms with Gasteiger partial charge in [-0.1, -0.05) is 13.3 Å². The first-order valence-corrected chi connectivity index (χ1v) is 6.57. The summed E-state index contributed by atoms with van der Waals surface area (Å²) < 4.78 is 45.9. The Morgan fingerprint density at radius 1 is 1.37 bits per heavy atom. The number of nitrogens with two attached hydrogens (primary N) is 1. The molecule has 1 rings (SSSR count). The van der Waals surface area contributed by atoms with Crippen molar-refractivity contribution in [2.45, 2.75) is 32.2 Å². The Labute approximate surface area is 118 Å². The van der Waals surface area contributed by atoms with Gasteiger partial charge in [0.2, 0.25) is 0 Å². The first kappa shape index (κ1) is 16.1. The van der Waals surface area contributed by atoms with Gasteiger partial charge >= 0.3 is 6.36 Å². The molecule has 0 spiro atoms. The quantitative estimate of drug-likeness (QED) is 0.854. The average Bonchev–Trinajstić information content (AvgIpc) is 2.30. The highest BCUT2D eigenvalue weighted by Gasteiger charge is 2.32. The van der Waals surface area contributed by atoms with E-state index in [9.17, 15) is 13.2 Å². The molecule has 19 heavy (non-hydrogen) atoms. The summed E-state index contributed by atoms with van der Waals surface area (Å²) in [6.07, 6.45) is -3.16. The SMILES string of the molecule is CCCC(CN)Oc1ccc(OC(F)(F)F)c(Br)c1. The molecule has 0 saturated carbocycles. The molecular weight excluding hydrogens is 327 g/mol. The molecule has 3 nitrogen and oxygen atoms in total. The number of hydrogen-bond donors (Lipinski definition) is 1. The molecule has 1 aromatic rings. The first-order chi connectivity index (χ1) is 8.85. The molecule has 1 aromatic carbocycles. The smallest absolute Gasteiger partial charge is 0.489 e. The van der Waals surface area contributed by atoms with Gasteiger partial charge in [-0.05, 0) is 40.5 Å². The van der Waals surface area contributed by atoms with Gasteiger partial charge in [-0.15, -0.1) is 13.2 Å². The zero-order chi connectivity index (χ0) is 14.5. The number of alkyl halides is 3. The van der Waals surface area contributed by atoms with E-state index < -0.39 is 6.36 Å². The van der Waals surface area contributed by atoms with Crippen LogP contribution in [0.3, 0.4) is 0 Å². The maximum absolute atomic E-state index is 12.1. The second-order valence-electron chi connectivity index (χ2n) is 3.90. The molecule has 0 aliphatic heterocycles. The average molecular weight is 342 g/mol. The highest BCUT2D eigenvalue weighted by Crippen LogP contribution is 2.33. The molecule has 0 fully saturated rings. The number of hydrogen-bond acceptors (Lipinski definition) is 3. The van der Waals surface area contributed by atoms with E-state index in [0.29, 0.717) is 12.3 Å². The van der Waals surface area contributed by atoms with Gasteiger partial charge in [0.1, 0.15) is 17.6 Å². The molecule has 0 amide bonds. The molecule has 0 aliphatic rings. The molecule has 0 saturated heterocycles. The summed E-state index contributed by atoms with van der Waals surface area (Å²) >= 11 is 3.01. The van der Waals surface area contributed by atoms with Crippen molar-refractivity contribution in [1.82, 2.24) is 0 Å². The van der Waals surface area contributed by atoms with Crippen LogP contribution in [-0.4, -0.2) is 19.0 Å². The van der Waals surface area contributed by atoms with Gasteiger partial charge in [0.05, 0.1) is 4.47 Å². The Morgan fingerprint density at radius 3 is 2.53 bits per heavy atom. The Morgan fingerprint density at radius 2 is 2.05 bits per heavy atom. The summed E-state index contributed by atoms with van der Waals surface area (Å²) in [4.78, 5) is 0. The first-order valence-electron chi connectivity index (χ1n) is 5.77. The van der Waals surface area contributed by atoms with Crippen molar-refractivity contribution in [3.05, 3.63) is 22.7 Å². The van der Waals surface area contributed by atoms with Crippen LogP contribution in [0.25, 0.3) is 0 Å². The van der Waals surface area contributed by atoms with Crippen molar-refractivity contribution in [2.75, 3.05) is 6.54 Å². The maximum atomic E-state index is 12.1. The number of ether oxygens (including phenoxy) is 2. The topological polar surface area (TPSA) is 44.5 Å². The normalized spacial score (nSPS) is 13.2. The van der Waals surface area contributed by atoms with Crippen molar-refractivity contribution in [3.8, 4) is 11.5 Å². The lowest BCUT2D eigenvalue weighted by molar-refractivity contribution is -0.274. The maximum Gasteiger partial charge on any atom is 0.573 e. The van der Waals surface area contributed by atoms with Crippen molar-refractivity contribution in [3.63, 3.8) is 0 Å². The van der Waals surface area contributed by atoms with Crippen LogP contribution in [-0.2, 0) is 0 Å². The van der Waals surface area contributed by atoms with Crippen LogP contribution in [0, 0.1) is 0 Å². The molecule has 108 valence electrons. The summed E-state index contributed by atoms with van der Waals surface area (Å²) in [7, 11) is 0. The molecular formula is C12H15BrF3NO2. The standard InChI is InChI=1S/C12H15BrF3NO2/c1-2-3-9(7-17)18-8-4-5-11(10(13)6-8)19-12(14,15)16/h4-6,9H,2-3,7,17H2,1H3. The van der Waals surface area contributed by atoms with Crippen LogP contribution in [0.1, 0.15) is 19.8 Å². The van der Waals surface area contributed by atoms with E-state index in [1.165, 1.54) is 18.2 Å². The highest BCUT2D eigenvalue weighted by molar-refractivity contribution is 9.10. The number of halogens is 4. The van der Waals surface area contributed by atoms with E-state index in [1.807, 2.05) is 6.92 Å². The van der Waals surface area contributed by atoms with E-state index in [0.717, 1.165) is 12.8 Å². The lowest BCUT2D eigenvalue weighted by Crippen LogP contribution is -2.26. The molecule has 2 N–H and O–H groups in total. The molecule has 0 heterocycles. The summed E-state index contributed by atoms with van der Waals surface area (Å²) in [5.74, 6) is 0.143. The van der Waals surface area contributed by atoms with E-state index in [2.05, 4.69) is 20.7 Å². The van der Waals surface area contributed by atoms with E-state index in [1.54, 1.807) is 0 Å². The van der Waals surface area contributed by atoms with Crippen LogP contribution >= 0.6 is 15.9 Å². The van der Waals surface area contributed by atoms with Gasteiger partial charge in [0.25, 0.3) is 0 Å². The summed E-state index contributed by atoms with van der Waals surface area (Å²) in [5, 5.41) is 0. The second kappa shape index (κ2) is 7.00. The summed E-state index contributed by atoms with van der Waals surface area (Å²) in [6, 6.07) is 4.05. The minimum absolute atomic E-state index is 0.147. The third-order valence-electron chi connectivity index (χ3n) is 2.31. The second-order valence-corrected chi connectivity index (χ2v) is 4.76. The predicted molar refractivity (Wildman–Crippen MR) is 69.2 cm³/mol. The van der Waals surface area contributed by atoms with Crippen molar-refractivity contribution < 1.29 is 22.6 Å². The van der Waals surface area contributed by atoms with Gasteiger partial charge < -0.3 is 15.2 Å². The molecule has 0 bridgehead atoms. The zero-order valence-corrected chi connectivity index (χ0v) is 11.9. The monoisotopic (exact) mass is 341 g/mol. The van der Waals surface area contributed by atoms with Crippen LogP contribution in [0.15, 0.2) is 22.7 Å². The van der Waals surface area contributed by atoms with E-state index >= 15 is 0 Å². The Bertz CT molecular complexity index is 412. The van der Waals surface area contributed by atoms with E-state index in [-0.39, 0.29) is 16.3 Å². The van der Waals surface area contributed by atoms with Gasteiger partial charge in [-0.2, -0.15) is 0 Å². The summed E-state index contributed by atoms with van der Waals surface area (Å²) in [5.41, 5.74) is 5.55. The highest BCUT2D eigenvalue weighted by atomic mass is 79.9. The molecule has 0 aromatic heterocycles. The van der Waals surface area contributed by atoms with Crippen molar-refractivity contribution >= 4 is 15.9 Å². The minimum Gasteiger partial charge on any atom is -0.489 e. The van der Waals surface area contributed by atoms with Gasteiger partial charge in [0, 0.05) is 6.54 Å². The van der Waals surface area contributed by atoms with Crippen LogP contribution in [0.4, 0.5) is 13.2 Å². The van der Waals surface area contributed by atoms with Crippen molar-refractivity contribution in [2.24, 2.45) is 5.73 Å². The fraction of sp³-hybridized carbons (Fsp3) is 0.500. The molecule has 7 heteroatoms. The molecule has 1 unspecified atom stereocenters. The molecule has 0 radical (unpaired) electrons.